The molecule has 0 spiro atoms. The Morgan fingerprint density at radius 3 is 2.50 bits per heavy atom. The van der Waals surface area contributed by atoms with Gasteiger partial charge in [0.05, 0.1) is 0 Å². The standard InChI is InChI=1S/C21H20N4O2S/c1-21(2,3)14-10-8-13(9-11-14)18-22-23-20-25(18)24-19(28-20)17-12-26-15-6-4-5-7-16(15)27-17/h4-11,17H,12H2,1-3H3/t17-/m0/s1. The minimum atomic E-state index is -0.252. The molecule has 0 aliphatic carbocycles. The molecule has 1 aliphatic rings. The van der Waals surface area contributed by atoms with E-state index in [-0.39, 0.29) is 11.5 Å². The van der Waals surface area contributed by atoms with Gasteiger partial charge in [-0.15, -0.1) is 10.2 Å². The maximum atomic E-state index is 6.08. The smallest absolute Gasteiger partial charge is 0.235 e. The molecule has 0 fully saturated rings. The fraction of sp³-hybridized carbons (Fsp3) is 0.286. The molecule has 5 rings (SSSR count). The summed E-state index contributed by atoms with van der Waals surface area (Å²) in [4.78, 5) is 0.743. The number of hydrogen-bond acceptors (Lipinski definition) is 6. The molecule has 28 heavy (non-hydrogen) atoms. The minimum Gasteiger partial charge on any atom is -0.485 e. The van der Waals surface area contributed by atoms with E-state index in [1.54, 1.807) is 4.52 Å². The highest BCUT2D eigenvalue weighted by molar-refractivity contribution is 7.16. The molecule has 2 aromatic heterocycles. The van der Waals surface area contributed by atoms with Gasteiger partial charge in [-0.3, -0.25) is 0 Å². The van der Waals surface area contributed by atoms with Crippen LogP contribution in [0.25, 0.3) is 16.3 Å². The van der Waals surface area contributed by atoms with E-state index in [4.69, 9.17) is 14.6 Å². The van der Waals surface area contributed by atoms with Crippen molar-refractivity contribution in [2.24, 2.45) is 0 Å². The number of fused-ring (bicyclic) bond motifs is 2. The first-order valence-corrected chi connectivity index (χ1v) is 10.0. The lowest BCUT2D eigenvalue weighted by molar-refractivity contribution is 0.0904. The van der Waals surface area contributed by atoms with Crippen LogP contribution in [0.1, 0.15) is 37.4 Å². The Morgan fingerprint density at radius 1 is 1.00 bits per heavy atom. The second kappa shape index (κ2) is 6.31. The van der Waals surface area contributed by atoms with Crippen LogP contribution < -0.4 is 9.47 Å². The van der Waals surface area contributed by atoms with Gasteiger partial charge in [0.2, 0.25) is 4.96 Å². The molecule has 0 amide bonds. The largest absolute Gasteiger partial charge is 0.485 e. The fourth-order valence-electron chi connectivity index (χ4n) is 3.20. The van der Waals surface area contributed by atoms with Crippen LogP contribution in [-0.2, 0) is 5.41 Å². The average Bonchev–Trinajstić information content (AvgIpc) is 3.28. The van der Waals surface area contributed by atoms with Gasteiger partial charge in [0.15, 0.2) is 28.4 Å². The van der Waals surface area contributed by atoms with E-state index in [9.17, 15) is 0 Å². The summed E-state index contributed by atoms with van der Waals surface area (Å²) in [7, 11) is 0. The van der Waals surface area contributed by atoms with E-state index in [0.717, 1.165) is 32.9 Å². The molecular weight excluding hydrogens is 372 g/mol. The molecule has 4 aromatic rings. The predicted molar refractivity (Wildman–Crippen MR) is 108 cm³/mol. The van der Waals surface area contributed by atoms with Crippen LogP contribution in [0.2, 0.25) is 0 Å². The Morgan fingerprint density at radius 2 is 1.75 bits per heavy atom. The molecule has 0 radical (unpaired) electrons. The molecule has 3 heterocycles. The number of aromatic nitrogens is 4. The summed E-state index contributed by atoms with van der Waals surface area (Å²) >= 11 is 1.47. The molecule has 1 atom stereocenters. The van der Waals surface area contributed by atoms with E-state index in [1.807, 2.05) is 24.3 Å². The van der Waals surface area contributed by atoms with Gasteiger partial charge >= 0.3 is 0 Å². The van der Waals surface area contributed by atoms with E-state index in [1.165, 1.54) is 16.9 Å². The third-order valence-electron chi connectivity index (χ3n) is 4.80. The normalized spacial score (nSPS) is 16.5. The zero-order chi connectivity index (χ0) is 19.3. The van der Waals surface area contributed by atoms with Crippen molar-refractivity contribution in [3.05, 3.63) is 59.1 Å². The zero-order valence-electron chi connectivity index (χ0n) is 15.9. The fourth-order valence-corrected chi connectivity index (χ4v) is 4.05. The number of nitrogens with zero attached hydrogens (tertiary/aromatic N) is 4. The molecule has 0 saturated carbocycles. The summed E-state index contributed by atoms with van der Waals surface area (Å²) in [6.07, 6.45) is -0.252. The highest BCUT2D eigenvalue weighted by Gasteiger charge is 2.27. The summed E-state index contributed by atoms with van der Waals surface area (Å²) < 4.78 is 13.7. The molecule has 142 valence electrons. The van der Waals surface area contributed by atoms with Crippen molar-refractivity contribution in [2.75, 3.05) is 6.61 Å². The Hall–Kier alpha value is -2.93. The van der Waals surface area contributed by atoms with Crippen LogP contribution in [0.3, 0.4) is 0 Å². The monoisotopic (exact) mass is 392 g/mol. The van der Waals surface area contributed by atoms with Gasteiger partial charge in [-0.25, -0.2) is 0 Å². The number of hydrogen-bond donors (Lipinski definition) is 0. The van der Waals surface area contributed by atoms with Crippen LogP contribution in [-0.4, -0.2) is 26.4 Å². The third-order valence-corrected chi connectivity index (χ3v) is 5.79. The van der Waals surface area contributed by atoms with E-state index in [2.05, 4.69) is 55.2 Å². The molecule has 2 aromatic carbocycles. The Bertz CT molecular complexity index is 1140. The van der Waals surface area contributed by atoms with Gasteiger partial charge in [-0.05, 0) is 23.1 Å². The lowest BCUT2D eigenvalue weighted by Crippen LogP contribution is -2.21. The van der Waals surface area contributed by atoms with Crippen LogP contribution in [0.4, 0.5) is 0 Å². The van der Waals surface area contributed by atoms with Crippen molar-refractivity contribution in [1.82, 2.24) is 19.8 Å². The quantitative estimate of drug-likeness (QED) is 0.496. The molecule has 0 bridgehead atoms. The first kappa shape index (κ1) is 17.2. The van der Waals surface area contributed by atoms with Crippen LogP contribution in [0.15, 0.2) is 48.5 Å². The molecular formula is C21H20N4O2S. The predicted octanol–water partition coefficient (Wildman–Crippen LogP) is 4.66. The Kier molecular flexibility index (Phi) is 3.87. The maximum absolute atomic E-state index is 6.08. The average molecular weight is 392 g/mol. The summed E-state index contributed by atoms with van der Waals surface area (Å²) in [6.45, 7) is 7.04. The van der Waals surface area contributed by atoms with Crippen molar-refractivity contribution in [2.45, 2.75) is 32.3 Å². The lowest BCUT2D eigenvalue weighted by atomic mass is 9.87. The number of ether oxygens (including phenoxy) is 2. The van der Waals surface area contributed by atoms with Crippen molar-refractivity contribution < 1.29 is 9.47 Å². The SMILES string of the molecule is CC(C)(C)c1ccc(-c2nnc3sc([C@@H]4COc5ccccc5O4)nn23)cc1. The number of benzene rings is 2. The van der Waals surface area contributed by atoms with E-state index >= 15 is 0 Å². The summed E-state index contributed by atoms with van der Waals surface area (Å²) in [5.74, 6) is 2.24. The molecule has 6 nitrogen and oxygen atoms in total. The summed E-state index contributed by atoms with van der Waals surface area (Å²) in [5, 5.41) is 14.2. The first-order chi connectivity index (χ1) is 13.5. The van der Waals surface area contributed by atoms with Crippen molar-refractivity contribution in [3.63, 3.8) is 0 Å². The van der Waals surface area contributed by atoms with Gasteiger partial charge in [0.1, 0.15) is 6.61 Å². The molecule has 0 saturated heterocycles. The van der Waals surface area contributed by atoms with Gasteiger partial charge in [0, 0.05) is 5.56 Å². The van der Waals surface area contributed by atoms with Gasteiger partial charge < -0.3 is 9.47 Å². The van der Waals surface area contributed by atoms with Crippen LogP contribution in [0, 0.1) is 0 Å². The number of para-hydroxylation sites is 2. The Labute approximate surface area is 166 Å². The van der Waals surface area contributed by atoms with Crippen molar-refractivity contribution >= 4 is 16.3 Å². The second-order valence-electron chi connectivity index (χ2n) is 7.85. The molecule has 0 N–H and O–H groups in total. The maximum Gasteiger partial charge on any atom is 0.235 e. The molecule has 7 heteroatoms. The highest BCUT2D eigenvalue weighted by atomic mass is 32.1. The van der Waals surface area contributed by atoms with Crippen molar-refractivity contribution in [3.8, 4) is 22.9 Å². The first-order valence-electron chi connectivity index (χ1n) is 9.20. The Balaban J connectivity index is 1.46. The van der Waals surface area contributed by atoms with Gasteiger partial charge in [-0.2, -0.15) is 9.61 Å². The van der Waals surface area contributed by atoms with E-state index in [0.29, 0.717) is 6.61 Å². The number of rotatable bonds is 2. The highest BCUT2D eigenvalue weighted by Crippen LogP contribution is 2.37. The second-order valence-corrected chi connectivity index (χ2v) is 8.84. The van der Waals surface area contributed by atoms with Crippen molar-refractivity contribution in [1.29, 1.82) is 0 Å². The van der Waals surface area contributed by atoms with Gasteiger partial charge in [-0.1, -0.05) is 68.5 Å². The third kappa shape index (κ3) is 2.92. The minimum absolute atomic E-state index is 0.112. The lowest BCUT2D eigenvalue weighted by Gasteiger charge is -2.24. The summed E-state index contributed by atoms with van der Waals surface area (Å²) in [6, 6.07) is 16.1. The van der Waals surface area contributed by atoms with Crippen LogP contribution >= 0.6 is 11.3 Å². The molecule has 0 unspecified atom stereocenters. The van der Waals surface area contributed by atoms with Crippen LogP contribution in [0.5, 0.6) is 11.5 Å². The summed E-state index contributed by atoms with van der Waals surface area (Å²) in [5.41, 5.74) is 2.38. The zero-order valence-corrected chi connectivity index (χ0v) is 16.7. The molecule has 1 aliphatic heterocycles. The van der Waals surface area contributed by atoms with E-state index < -0.39 is 0 Å². The topological polar surface area (TPSA) is 61.5 Å². The van der Waals surface area contributed by atoms with Gasteiger partial charge in [0.25, 0.3) is 0 Å².